The molecule has 5 rings (SSSR count). The summed E-state index contributed by atoms with van der Waals surface area (Å²) in [7, 11) is 3.77. The molecule has 2 aliphatic heterocycles. The molecule has 0 spiro atoms. The van der Waals surface area contributed by atoms with Gasteiger partial charge < -0.3 is 29.3 Å². The third kappa shape index (κ3) is 6.37. The van der Waals surface area contributed by atoms with Crippen LogP contribution in [-0.4, -0.2) is 115 Å². The van der Waals surface area contributed by atoms with E-state index in [1.165, 1.54) is 6.33 Å². The number of piperazine rings is 1. The van der Waals surface area contributed by atoms with Crippen LogP contribution in [0.1, 0.15) is 19.2 Å². The summed E-state index contributed by atoms with van der Waals surface area (Å²) in [5, 5.41) is 4.12. The maximum Gasteiger partial charge on any atom is 0.233 e. The molecule has 2 saturated heterocycles. The van der Waals surface area contributed by atoms with Crippen molar-refractivity contribution in [2.24, 2.45) is 0 Å². The predicted molar refractivity (Wildman–Crippen MR) is 146 cm³/mol. The van der Waals surface area contributed by atoms with Crippen LogP contribution >= 0.6 is 0 Å². The maximum absolute atomic E-state index is 6.16. The molecule has 12 heteroatoms. The molecule has 2 aliphatic rings. The fraction of sp³-hybridized carbons (Fsp3) is 0.577. The average Bonchev–Trinajstić information content (AvgIpc) is 2.96. The zero-order valence-electron chi connectivity index (χ0n) is 22.5. The minimum atomic E-state index is 0.467. The molecule has 0 atom stereocenters. The van der Waals surface area contributed by atoms with E-state index >= 15 is 0 Å². The summed E-state index contributed by atoms with van der Waals surface area (Å²) in [5.74, 6) is 3.79. The van der Waals surface area contributed by atoms with Gasteiger partial charge in [0, 0.05) is 63.7 Å². The first-order valence-electron chi connectivity index (χ1n) is 13.3. The van der Waals surface area contributed by atoms with Gasteiger partial charge in [-0.15, -0.1) is 0 Å². The first kappa shape index (κ1) is 26.3. The molecule has 2 fully saturated rings. The molecular weight excluding hydrogens is 486 g/mol. The van der Waals surface area contributed by atoms with Crippen molar-refractivity contribution < 1.29 is 14.2 Å². The summed E-state index contributed by atoms with van der Waals surface area (Å²) in [6.45, 7) is 10.9. The number of rotatable bonds is 10. The van der Waals surface area contributed by atoms with Crippen LogP contribution in [-0.2, 0) is 11.2 Å². The van der Waals surface area contributed by atoms with Crippen molar-refractivity contribution in [1.82, 2.24) is 34.7 Å². The van der Waals surface area contributed by atoms with Gasteiger partial charge in [0.25, 0.3) is 0 Å². The van der Waals surface area contributed by atoms with E-state index in [1.54, 1.807) is 7.11 Å². The topological polar surface area (TPSA) is 114 Å². The first-order chi connectivity index (χ1) is 18.6. The minimum absolute atomic E-state index is 0.467. The van der Waals surface area contributed by atoms with Gasteiger partial charge in [-0.2, -0.15) is 15.0 Å². The lowest BCUT2D eigenvalue weighted by Gasteiger charge is -2.32. The van der Waals surface area contributed by atoms with Crippen LogP contribution in [0.5, 0.6) is 11.5 Å². The summed E-state index contributed by atoms with van der Waals surface area (Å²) >= 11 is 0. The Morgan fingerprint density at radius 1 is 0.974 bits per heavy atom. The monoisotopic (exact) mass is 523 g/mol. The van der Waals surface area contributed by atoms with Gasteiger partial charge in [0.2, 0.25) is 11.9 Å². The molecule has 3 aromatic rings. The van der Waals surface area contributed by atoms with Crippen LogP contribution in [0.2, 0.25) is 0 Å². The average molecular weight is 524 g/mol. The van der Waals surface area contributed by atoms with Crippen LogP contribution < -0.4 is 19.7 Å². The molecule has 2 aromatic heterocycles. The highest BCUT2D eigenvalue weighted by Crippen LogP contribution is 2.34. The normalized spacial score (nSPS) is 17.1. The van der Waals surface area contributed by atoms with E-state index in [4.69, 9.17) is 19.2 Å². The number of hydrogen-bond acceptors (Lipinski definition) is 12. The Balaban J connectivity index is 1.35. The van der Waals surface area contributed by atoms with Gasteiger partial charge >= 0.3 is 0 Å². The standard InChI is InChI=1S/C26H37N9O3/c1-4-23-29-25(32-26(30-23)35-9-7-33(2)8-10-35)31-24-19-16-22(21(36-3)17-20(19)27-18-28-24)38-13-5-6-34-11-14-37-15-12-34/h16-18H,4-15H2,1-3H3,(H,27,28,29,30,31,32). The Kier molecular flexibility index (Phi) is 8.61. The molecule has 204 valence electrons. The number of aryl methyl sites for hydroxylation is 1. The summed E-state index contributed by atoms with van der Waals surface area (Å²) < 4.78 is 17.2. The number of methoxy groups -OCH3 is 1. The fourth-order valence-electron chi connectivity index (χ4n) is 4.61. The van der Waals surface area contributed by atoms with E-state index in [1.807, 2.05) is 19.1 Å². The Bertz CT molecular complexity index is 1210. The molecule has 0 bridgehead atoms. The Morgan fingerprint density at radius 2 is 1.79 bits per heavy atom. The van der Waals surface area contributed by atoms with Gasteiger partial charge in [0.1, 0.15) is 18.0 Å². The van der Waals surface area contributed by atoms with Crippen molar-refractivity contribution in [3.63, 3.8) is 0 Å². The van der Waals surface area contributed by atoms with Gasteiger partial charge in [-0.3, -0.25) is 4.90 Å². The summed E-state index contributed by atoms with van der Waals surface area (Å²) in [5.41, 5.74) is 0.740. The summed E-state index contributed by atoms with van der Waals surface area (Å²) in [6.07, 6.45) is 3.15. The highest BCUT2D eigenvalue weighted by Gasteiger charge is 2.19. The van der Waals surface area contributed by atoms with Crippen molar-refractivity contribution in [2.75, 3.05) is 90.0 Å². The SMILES string of the molecule is CCc1nc(Nc2ncnc3cc(OC)c(OCCCN4CCOCC4)cc23)nc(N2CCN(C)CC2)n1. The fourth-order valence-corrected chi connectivity index (χ4v) is 4.61. The van der Waals surface area contributed by atoms with Crippen molar-refractivity contribution in [3.05, 3.63) is 24.3 Å². The second-order valence-corrected chi connectivity index (χ2v) is 9.54. The molecule has 38 heavy (non-hydrogen) atoms. The Hall–Kier alpha value is -3.35. The van der Waals surface area contributed by atoms with Crippen molar-refractivity contribution in [1.29, 1.82) is 0 Å². The van der Waals surface area contributed by atoms with Crippen molar-refractivity contribution in [3.8, 4) is 11.5 Å². The van der Waals surface area contributed by atoms with E-state index in [-0.39, 0.29) is 0 Å². The largest absolute Gasteiger partial charge is 0.493 e. The number of likely N-dealkylation sites (N-methyl/N-ethyl adjacent to an activating group) is 1. The van der Waals surface area contributed by atoms with Crippen LogP contribution in [0, 0.1) is 0 Å². The van der Waals surface area contributed by atoms with Crippen LogP contribution in [0.25, 0.3) is 10.9 Å². The number of morpholine rings is 1. The maximum atomic E-state index is 6.16. The predicted octanol–water partition coefficient (Wildman–Crippen LogP) is 1.98. The third-order valence-electron chi connectivity index (χ3n) is 6.90. The van der Waals surface area contributed by atoms with E-state index in [0.29, 0.717) is 42.2 Å². The minimum Gasteiger partial charge on any atom is -0.493 e. The van der Waals surface area contributed by atoms with Crippen molar-refractivity contribution in [2.45, 2.75) is 19.8 Å². The number of nitrogens with zero attached hydrogens (tertiary/aromatic N) is 8. The zero-order valence-corrected chi connectivity index (χ0v) is 22.5. The number of benzene rings is 1. The highest BCUT2D eigenvalue weighted by atomic mass is 16.5. The molecule has 0 aliphatic carbocycles. The van der Waals surface area contributed by atoms with Crippen LogP contribution in [0.3, 0.4) is 0 Å². The Labute approximate surface area is 223 Å². The Morgan fingerprint density at radius 3 is 2.55 bits per heavy atom. The molecule has 0 saturated carbocycles. The van der Waals surface area contributed by atoms with E-state index in [2.05, 4.69) is 47.0 Å². The lowest BCUT2D eigenvalue weighted by molar-refractivity contribution is 0.0357. The van der Waals surface area contributed by atoms with Crippen LogP contribution in [0.15, 0.2) is 18.5 Å². The van der Waals surface area contributed by atoms with Crippen LogP contribution in [0.4, 0.5) is 17.7 Å². The molecule has 0 unspecified atom stereocenters. The molecule has 0 amide bonds. The van der Waals surface area contributed by atoms with E-state index < -0.39 is 0 Å². The number of fused-ring (bicyclic) bond motifs is 1. The molecule has 1 N–H and O–H groups in total. The summed E-state index contributed by atoms with van der Waals surface area (Å²) in [4.78, 5) is 29.9. The lowest BCUT2D eigenvalue weighted by atomic mass is 10.2. The smallest absolute Gasteiger partial charge is 0.233 e. The molecular formula is C26H37N9O3. The lowest BCUT2D eigenvalue weighted by Crippen LogP contribution is -2.45. The van der Waals surface area contributed by atoms with E-state index in [0.717, 1.165) is 82.2 Å². The number of aromatic nitrogens is 5. The second-order valence-electron chi connectivity index (χ2n) is 9.54. The number of anilines is 3. The molecule has 1 aromatic carbocycles. The first-order valence-corrected chi connectivity index (χ1v) is 13.3. The molecule has 4 heterocycles. The van der Waals surface area contributed by atoms with Gasteiger partial charge in [-0.1, -0.05) is 6.92 Å². The van der Waals surface area contributed by atoms with Gasteiger partial charge in [-0.25, -0.2) is 9.97 Å². The number of nitrogens with one attached hydrogen (secondary N) is 1. The zero-order chi connectivity index (χ0) is 26.3. The molecule has 0 radical (unpaired) electrons. The van der Waals surface area contributed by atoms with Gasteiger partial charge in [0.15, 0.2) is 11.5 Å². The third-order valence-corrected chi connectivity index (χ3v) is 6.90. The quantitative estimate of drug-likeness (QED) is 0.392. The van der Waals surface area contributed by atoms with Crippen molar-refractivity contribution >= 4 is 28.6 Å². The summed E-state index contributed by atoms with van der Waals surface area (Å²) in [6, 6.07) is 3.80. The van der Waals surface area contributed by atoms with Gasteiger partial charge in [-0.05, 0) is 19.5 Å². The highest BCUT2D eigenvalue weighted by molar-refractivity contribution is 5.92. The number of ether oxygens (including phenoxy) is 3. The second kappa shape index (κ2) is 12.5. The number of hydrogen-bond donors (Lipinski definition) is 1. The van der Waals surface area contributed by atoms with Gasteiger partial charge in [0.05, 0.1) is 32.4 Å². The molecule has 12 nitrogen and oxygen atoms in total. The van der Waals surface area contributed by atoms with E-state index in [9.17, 15) is 0 Å².